The normalized spacial score (nSPS) is 26.4. The van der Waals surface area contributed by atoms with E-state index in [4.69, 9.17) is 18.6 Å². The van der Waals surface area contributed by atoms with E-state index in [1.165, 1.54) is 6.26 Å². The van der Waals surface area contributed by atoms with E-state index in [1.807, 2.05) is 0 Å². The first kappa shape index (κ1) is 16.4. The molecule has 3 heterocycles. The van der Waals surface area contributed by atoms with Gasteiger partial charge in [0.05, 0.1) is 39.2 Å². The highest BCUT2D eigenvalue weighted by atomic mass is 16.5. The molecule has 1 atom stereocenters. The quantitative estimate of drug-likeness (QED) is 0.802. The minimum atomic E-state index is -0.481. The summed E-state index contributed by atoms with van der Waals surface area (Å²) < 4.78 is 22.2. The van der Waals surface area contributed by atoms with Gasteiger partial charge < -0.3 is 23.5 Å². The van der Waals surface area contributed by atoms with Crippen LogP contribution in [0.4, 0.5) is 0 Å². The Bertz CT molecular complexity index is 507. The molecule has 0 radical (unpaired) electrons. The van der Waals surface area contributed by atoms with E-state index >= 15 is 0 Å². The number of carbonyl (C=O) groups excluding carboxylic acids is 1. The van der Waals surface area contributed by atoms with Crippen LogP contribution in [0.1, 0.15) is 10.6 Å². The molecule has 1 amide bonds. The number of methoxy groups -OCH3 is 1. The zero-order valence-corrected chi connectivity index (χ0v) is 13.5. The summed E-state index contributed by atoms with van der Waals surface area (Å²) in [6, 6.07) is 3.42. The van der Waals surface area contributed by atoms with Crippen LogP contribution in [-0.4, -0.2) is 87.6 Å². The highest BCUT2D eigenvalue weighted by molar-refractivity contribution is 5.91. The van der Waals surface area contributed by atoms with E-state index in [1.54, 1.807) is 24.1 Å². The van der Waals surface area contributed by atoms with E-state index in [0.29, 0.717) is 45.3 Å². The maximum atomic E-state index is 12.5. The van der Waals surface area contributed by atoms with Crippen molar-refractivity contribution in [2.75, 3.05) is 66.3 Å². The summed E-state index contributed by atoms with van der Waals surface area (Å²) in [5, 5.41) is 0. The Morgan fingerprint density at radius 1 is 1.35 bits per heavy atom. The number of hydrogen-bond donors (Lipinski definition) is 0. The van der Waals surface area contributed by atoms with Crippen LogP contribution >= 0.6 is 0 Å². The fourth-order valence-corrected chi connectivity index (χ4v) is 3.15. The standard InChI is InChI=1S/C16H24N2O5/c1-20-8-4-17-5-9-21-13-16(11-17)12-18(6-10-23-16)15(19)14-3-2-7-22-14/h2-3,7H,4-6,8-13H2,1H3/t16-/m1/s1. The van der Waals surface area contributed by atoms with E-state index in [0.717, 1.165) is 19.6 Å². The van der Waals surface area contributed by atoms with E-state index in [9.17, 15) is 4.79 Å². The molecule has 7 nitrogen and oxygen atoms in total. The lowest BCUT2D eigenvalue weighted by atomic mass is 10.0. The SMILES string of the molecule is COCCN1CCOC[C@@]2(C1)CN(C(=O)c1ccco1)CCO2. The van der Waals surface area contributed by atoms with Crippen molar-refractivity contribution in [3.63, 3.8) is 0 Å². The first-order chi connectivity index (χ1) is 11.2. The van der Waals surface area contributed by atoms with Crippen molar-refractivity contribution in [3.8, 4) is 0 Å². The summed E-state index contributed by atoms with van der Waals surface area (Å²) in [7, 11) is 1.70. The lowest BCUT2D eigenvalue weighted by Gasteiger charge is -2.43. The van der Waals surface area contributed by atoms with Crippen LogP contribution < -0.4 is 0 Å². The molecule has 2 fully saturated rings. The first-order valence-electron chi connectivity index (χ1n) is 7.98. The van der Waals surface area contributed by atoms with Crippen molar-refractivity contribution in [3.05, 3.63) is 24.2 Å². The molecular weight excluding hydrogens is 300 g/mol. The third kappa shape index (κ3) is 3.92. The molecule has 1 aromatic rings. The van der Waals surface area contributed by atoms with E-state index in [2.05, 4.69) is 4.90 Å². The van der Waals surface area contributed by atoms with Crippen LogP contribution in [0.25, 0.3) is 0 Å². The second-order valence-electron chi connectivity index (χ2n) is 6.06. The van der Waals surface area contributed by atoms with Crippen LogP contribution in [0, 0.1) is 0 Å². The van der Waals surface area contributed by atoms with Gasteiger partial charge in [0.2, 0.25) is 0 Å². The largest absolute Gasteiger partial charge is 0.459 e. The van der Waals surface area contributed by atoms with Gasteiger partial charge in [-0.1, -0.05) is 0 Å². The number of amides is 1. The minimum absolute atomic E-state index is 0.0923. The Morgan fingerprint density at radius 2 is 2.26 bits per heavy atom. The van der Waals surface area contributed by atoms with Crippen LogP contribution in [0.2, 0.25) is 0 Å². The predicted octanol–water partition coefficient (Wildman–Crippen LogP) is 0.469. The van der Waals surface area contributed by atoms with Crippen molar-refractivity contribution >= 4 is 5.91 Å². The highest BCUT2D eigenvalue weighted by Gasteiger charge is 2.42. The minimum Gasteiger partial charge on any atom is -0.459 e. The molecule has 2 aliphatic rings. The van der Waals surface area contributed by atoms with Gasteiger partial charge >= 0.3 is 0 Å². The van der Waals surface area contributed by atoms with Crippen molar-refractivity contribution in [1.82, 2.24) is 9.80 Å². The molecule has 1 spiro atoms. The van der Waals surface area contributed by atoms with Crippen molar-refractivity contribution < 1.29 is 23.4 Å². The third-order valence-corrected chi connectivity index (χ3v) is 4.31. The molecule has 3 rings (SSSR count). The number of nitrogens with zero attached hydrogens (tertiary/aromatic N) is 2. The van der Waals surface area contributed by atoms with Crippen molar-refractivity contribution in [2.24, 2.45) is 0 Å². The molecule has 2 aliphatic heterocycles. The molecular formula is C16H24N2O5. The molecule has 0 aliphatic carbocycles. The fraction of sp³-hybridized carbons (Fsp3) is 0.688. The Labute approximate surface area is 136 Å². The molecule has 23 heavy (non-hydrogen) atoms. The average Bonchev–Trinajstić information content (AvgIpc) is 3.03. The van der Waals surface area contributed by atoms with Gasteiger partial charge in [-0.05, 0) is 12.1 Å². The van der Waals surface area contributed by atoms with Crippen LogP contribution in [0.5, 0.6) is 0 Å². The van der Waals surface area contributed by atoms with Crippen molar-refractivity contribution in [1.29, 1.82) is 0 Å². The summed E-state index contributed by atoms with van der Waals surface area (Å²) in [5.74, 6) is 0.276. The zero-order chi connectivity index (χ0) is 16.1. The van der Waals surface area contributed by atoms with Gasteiger partial charge in [-0.2, -0.15) is 0 Å². The lowest BCUT2D eigenvalue weighted by molar-refractivity contribution is -0.133. The van der Waals surface area contributed by atoms with Crippen molar-refractivity contribution in [2.45, 2.75) is 5.60 Å². The summed E-state index contributed by atoms with van der Waals surface area (Å²) in [5.41, 5.74) is -0.481. The number of ether oxygens (including phenoxy) is 3. The van der Waals surface area contributed by atoms with Crippen LogP contribution in [0.3, 0.4) is 0 Å². The summed E-state index contributed by atoms with van der Waals surface area (Å²) in [6.45, 7) is 5.84. The maximum Gasteiger partial charge on any atom is 0.289 e. The molecule has 0 bridgehead atoms. The zero-order valence-electron chi connectivity index (χ0n) is 13.5. The second kappa shape index (κ2) is 7.44. The molecule has 2 saturated heterocycles. The number of morpholine rings is 1. The van der Waals surface area contributed by atoms with Crippen LogP contribution in [0.15, 0.2) is 22.8 Å². The number of furan rings is 1. The molecule has 7 heteroatoms. The summed E-state index contributed by atoms with van der Waals surface area (Å²) >= 11 is 0. The van der Waals surface area contributed by atoms with Gasteiger partial charge in [0.1, 0.15) is 5.60 Å². The number of rotatable bonds is 4. The number of carbonyl (C=O) groups is 1. The molecule has 0 unspecified atom stereocenters. The summed E-state index contributed by atoms with van der Waals surface area (Å²) in [4.78, 5) is 16.6. The molecule has 0 N–H and O–H groups in total. The van der Waals surface area contributed by atoms with E-state index in [-0.39, 0.29) is 5.91 Å². The monoisotopic (exact) mass is 324 g/mol. The van der Waals surface area contributed by atoms with E-state index < -0.39 is 5.60 Å². The van der Waals surface area contributed by atoms with Gasteiger partial charge in [0.15, 0.2) is 5.76 Å². The van der Waals surface area contributed by atoms with Crippen LogP contribution in [-0.2, 0) is 14.2 Å². The average molecular weight is 324 g/mol. The second-order valence-corrected chi connectivity index (χ2v) is 6.06. The molecule has 1 aromatic heterocycles. The molecule has 128 valence electrons. The van der Waals surface area contributed by atoms with Gasteiger partial charge in [-0.3, -0.25) is 9.69 Å². The first-order valence-corrected chi connectivity index (χ1v) is 7.98. The fourth-order valence-electron chi connectivity index (χ4n) is 3.15. The Balaban J connectivity index is 1.68. The molecule has 0 aromatic carbocycles. The summed E-state index contributed by atoms with van der Waals surface area (Å²) in [6.07, 6.45) is 1.52. The van der Waals surface area contributed by atoms with Gasteiger partial charge in [-0.15, -0.1) is 0 Å². The Kier molecular flexibility index (Phi) is 5.32. The van der Waals surface area contributed by atoms with Gasteiger partial charge in [0, 0.05) is 33.3 Å². The topological polar surface area (TPSA) is 64.4 Å². The maximum absolute atomic E-state index is 12.5. The Morgan fingerprint density at radius 3 is 3.04 bits per heavy atom. The van der Waals surface area contributed by atoms with Gasteiger partial charge in [-0.25, -0.2) is 0 Å². The lowest BCUT2D eigenvalue weighted by Crippen LogP contribution is -2.60. The number of hydrogen-bond acceptors (Lipinski definition) is 6. The third-order valence-electron chi connectivity index (χ3n) is 4.31. The highest BCUT2D eigenvalue weighted by Crippen LogP contribution is 2.24. The van der Waals surface area contributed by atoms with Gasteiger partial charge in [0.25, 0.3) is 5.91 Å². The molecule has 0 saturated carbocycles. The smallest absolute Gasteiger partial charge is 0.289 e. The predicted molar refractivity (Wildman–Crippen MR) is 82.4 cm³/mol. The Hall–Kier alpha value is -1.41.